The van der Waals surface area contributed by atoms with Gasteiger partial charge in [0.05, 0.1) is 36.6 Å². The van der Waals surface area contributed by atoms with Crippen LogP contribution in [0.4, 0.5) is 0 Å². The molecule has 8 saturated carbocycles. The summed E-state index contributed by atoms with van der Waals surface area (Å²) in [6.45, 7) is 12.2. The molecule has 13 unspecified atom stereocenters. The van der Waals surface area contributed by atoms with E-state index < -0.39 is 24.4 Å². The molecule has 9 fully saturated rings. The molecule has 304 valence electrons. The summed E-state index contributed by atoms with van der Waals surface area (Å²) >= 11 is 0. The third-order valence-electron chi connectivity index (χ3n) is 18.1. The lowest BCUT2D eigenvalue weighted by Crippen LogP contribution is -2.57. The van der Waals surface area contributed by atoms with Crippen LogP contribution in [0.2, 0.25) is 0 Å². The number of aliphatic hydroxyl groups excluding tert-OH is 4. The van der Waals surface area contributed by atoms with E-state index >= 15 is 0 Å². The van der Waals surface area contributed by atoms with Gasteiger partial charge in [-0.2, -0.15) is 0 Å². The van der Waals surface area contributed by atoms with Crippen molar-refractivity contribution in [2.75, 3.05) is 0 Å². The molecule has 0 aromatic heterocycles. The fourth-order valence-corrected chi connectivity index (χ4v) is 15.4. The van der Waals surface area contributed by atoms with Gasteiger partial charge in [0.25, 0.3) is 0 Å². The lowest BCUT2D eigenvalue weighted by atomic mass is 9.45. The first-order chi connectivity index (χ1) is 24.0. The molecule has 9 rings (SSSR count). The maximum Gasteiger partial charge on any atom is 0.303 e. The molecule has 9 nitrogen and oxygen atoms in total. The summed E-state index contributed by atoms with van der Waals surface area (Å²) in [6, 6.07) is 0. The summed E-state index contributed by atoms with van der Waals surface area (Å²) in [7, 11) is 0. The van der Waals surface area contributed by atoms with E-state index in [-0.39, 0.29) is 55.2 Å². The van der Waals surface area contributed by atoms with Crippen LogP contribution < -0.4 is 0 Å². The molecule has 20 atom stereocenters. The fraction of sp³-hybridized carbons (Fsp3) is 0.955. The Bertz CT molecular complexity index is 1370. The number of carbonyl (C=O) groups excluding carboxylic acids is 2. The van der Waals surface area contributed by atoms with Gasteiger partial charge < -0.3 is 34.6 Å². The van der Waals surface area contributed by atoms with E-state index in [2.05, 4.69) is 27.7 Å². The summed E-state index contributed by atoms with van der Waals surface area (Å²) in [5.74, 6) is 4.04. The molecular weight excluding hydrogens is 672 g/mol. The number of hydrogen-bond donors (Lipinski definition) is 4. The Labute approximate surface area is 319 Å². The van der Waals surface area contributed by atoms with Crippen molar-refractivity contribution in [1.82, 2.24) is 0 Å². The quantitative estimate of drug-likeness (QED) is 0.176. The van der Waals surface area contributed by atoms with Gasteiger partial charge in [-0.3, -0.25) is 9.59 Å². The van der Waals surface area contributed by atoms with Gasteiger partial charge in [0, 0.05) is 19.3 Å². The molecule has 0 aromatic carbocycles. The number of aliphatic hydroxyl groups is 4. The molecule has 9 aliphatic rings. The van der Waals surface area contributed by atoms with E-state index in [1.165, 1.54) is 46.0 Å². The van der Waals surface area contributed by atoms with Gasteiger partial charge in [-0.05, 0) is 153 Å². The Morgan fingerprint density at radius 2 is 1.11 bits per heavy atom. The van der Waals surface area contributed by atoms with Gasteiger partial charge in [0.2, 0.25) is 0 Å². The molecule has 8 aliphatic carbocycles. The van der Waals surface area contributed by atoms with E-state index in [9.17, 15) is 30.0 Å². The van der Waals surface area contributed by atoms with Gasteiger partial charge in [0.1, 0.15) is 12.2 Å². The van der Waals surface area contributed by atoms with Crippen LogP contribution in [0.25, 0.3) is 0 Å². The molecule has 4 N–H and O–H groups in total. The van der Waals surface area contributed by atoms with Crippen LogP contribution in [0.5, 0.6) is 0 Å². The number of esters is 2. The monoisotopic (exact) mass is 747 g/mol. The SMILES string of the molecule is C.C.CC(=O)OC1[C@H](OC(C)=O)CC2C3CCC4C[C@@H]5O[C@@H]5CC4(C)C3CCC21C.CC12C[C@H](O)[C@@H](O)CC1CCC1C2CCC2(C)C1C[C@@H](O)[C@@H]2O. The van der Waals surface area contributed by atoms with Gasteiger partial charge in [-0.1, -0.05) is 42.5 Å². The normalized spacial score (nSPS) is 55.5. The van der Waals surface area contributed by atoms with Crippen molar-refractivity contribution in [3.63, 3.8) is 0 Å². The van der Waals surface area contributed by atoms with Crippen molar-refractivity contribution in [2.45, 2.75) is 195 Å². The predicted octanol–water partition coefficient (Wildman–Crippen LogP) is 6.84. The van der Waals surface area contributed by atoms with E-state index in [0.29, 0.717) is 65.5 Å². The third kappa shape index (κ3) is 6.45. The number of rotatable bonds is 2. The summed E-state index contributed by atoms with van der Waals surface area (Å²) in [5.41, 5.74) is 0.236. The van der Waals surface area contributed by atoms with Gasteiger partial charge in [0.15, 0.2) is 0 Å². The minimum Gasteiger partial charge on any atom is -0.459 e. The summed E-state index contributed by atoms with van der Waals surface area (Å²) in [5, 5.41) is 41.1. The Kier molecular flexibility index (Phi) is 11.2. The third-order valence-corrected chi connectivity index (χ3v) is 18.1. The van der Waals surface area contributed by atoms with Crippen LogP contribution in [-0.2, 0) is 23.8 Å². The van der Waals surface area contributed by atoms with Crippen LogP contribution in [0.3, 0.4) is 0 Å². The number of epoxide rings is 1. The minimum atomic E-state index is -0.594. The number of hydrogen-bond acceptors (Lipinski definition) is 9. The molecule has 0 bridgehead atoms. The van der Waals surface area contributed by atoms with Gasteiger partial charge in [-0.25, -0.2) is 0 Å². The molecule has 53 heavy (non-hydrogen) atoms. The van der Waals surface area contributed by atoms with Crippen molar-refractivity contribution >= 4 is 11.9 Å². The molecular formula is C44H74O9. The fourth-order valence-electron chi connectivity index (χ4n) is 15.4. The van der Waals surface area contributed by atoms with E-state index in [4.69, 9.17) is 14.2 Å². The molecule has 0 amide bonds. The second-order valence-corrected chi connectivity index (χ2v) is 20.3. The molecule has 9 heteroatoms. The molecule has 0 radical (unpaired) electrons. The first-order valence-corrected chi connectivity index (χ1v) is 20.7. The standard InChI is InChI=1S/C23H34O5.C19H32O4.2CH4/c1-12(24)26-19-10-17-15-6-5-14-9-18-20(28-18)11-23(14,4)16(15)7-8-22(17,3)21(19)27-13(2)25;1-18-6-5-12-11(13(18)8-15(21)17(18)23)4-3-10-7-14(20)16(22)9-19(10,12)2;;/h14-21H,5-11H2,1-4H3;10-17,20-23H,3-9H2,1-2H3;2*1H4/t14?,15?,16?,17?,18-,19+,20+,21?,22?,23?;10?,11?,12?,13?,14-,15+,16-,17-,18?,19?;;/m00../s1. The smallest absolute Gasteiger partial charge is 0.303 e. The van der Waals surface area contributed by atoms with Crippen LogP contribution >= 0.6 is 0 Å². The second kappa shape index (κ2) is 14.3. The van der Waals surface area contributed by atoms with Crippen LogP contribution in [0, 0.1) is 69.0 Å². The van der Waals surface area contributed by atoms with Crippen molar-refractivity contribution < 1.29 is 44.2 Å². The van der Waals surface area contributed by atoms with E-state index in [1.807, 2.05) is 0 Å². The molecule has 1 saturated heterocycles. The summed E-state index contributed by atoms with van der Waals surface area (Å²) < 4.78 is 17.4. The zero-order chi connectivity index (χ0) is 36.4. The number of fused-ring (bicyclic) bond motifs is 11. The van der Waals surface area contributed by atoms with Gasteiger partial charge >= 0.3 is 11.9 Å². The topological polar surface area (TPSA) is 146 Å². The Balaban J connectivity index is 0.000000178. The highest BCUT2D eigenvalue weighted by Gasteiger charge is 2.67. The molecule has 0 spiro atoms. The minimum absolute atomic E-state index is 0. The number of carbonyl (C=O) groups is 2. The highest BCUT2D eigenvalue weighted by atomic mass is 16.6. The first kappa shape index (κ1) is 41.4. The van der Waals surface area contributed by atoms with E-state index in [0.717, 1.165) is 57.3 Å². The first-order valence-electron chi connectivity index (χ1n) is 20.7. The predicted molar refractivity (Wildman–Crippen MR) is 202 cm³/mol. The van der Waals surface area contributed by atoms with Gasteiger partial charge in [-0.15, -0.1) is 0 Å². The lowest BCUT2D eigenvalue weighted by molar-refractivity contribution is -0.174. The Morgan fingerprint density at radius 3 is 1.72 bits per heavy atom. The lowest BCUT2D eigenvalue weighted by Gasteiger charge is -2.61. The van der Waals surface area contributed by atoms with Crippen LogP contribution in [0.15, 0.2) is 0 Å². The molecule has 0 aromatic rings. The zero-order valence-corrected chi connectivity index (χ0v) is 32.0. The molecule has 1 heterocycles. The van der Waals surface area contributed by atoms with Crippen LogP contribution in [0.1, 0.15) is 146 Å². The van der Waals surface area contributed by atoms with Crippen molar-refractivity contribution in [3.8, 4) is 0 Å². The van der Waals surface area contributed by atoms with Crippen molar-refractivity contribution in [3.05, 3.63) is 0 Å². The summed E-state index contributed by atoms with van der Waals surface area (Å²) in [4.78, 5) is 23.6. The average Bonchev–Trinajstić information content (AvgIpc) is 3.69. The maximum absolute atomic E-state index is 11.8. The number of ether oxygens (including phenoxy) is 3. The van der Waals surface area contributed by atoms with Crippen molar-refractivity contribution in [1.29, 1.82) is 0 Å². The Morgan fingerprint density at radius 1 is 0.566 bits per heavy atom. The maximum atomic E-state index is 11.8. The summed E-state index contributed by atoms with van der Waals surface area (Å²) in [6.07, 6.45) is 12.6. The van der Waals surface area contributed by atoms with Crippen molar-refractivity contribution in [2.24, 2.45) is 69.0 Å². The highest BCUT2D eigenvalue weighted by Crippen LogP contribution is 2.69. The highest BCUT2D eigenvalue weighted by molar-refractivity contribution is 5.67. The Hall–Kier alpha value is -1.26. The largest absolute Gasteiger partial charge is 0.459 e. The average molecular weight is 747 g/mol. The zero-order valence-electron chi connectivity index (χ0n) is 32.0. The van der Waals surface area contributed by atoms with E-state index in [1.54, 1.807) is 0 Å². The van der Waals surface area contributed by atoms with Crippen LogP contribution in [-0.4, -0.2) is 81.2 Å². The second-order valence-electron chi connectivity index (χ2n) is 20.3. The molecule has 1 aliphatic heterocycles.